The lowest BCUT2D eigenvalue weighted by atomic mass is 9.94. The van der Waals surface area contributed by atoms with E-state index in [4.69, 9.17) is 21.7 Å². The highest BCUT2D eigenvalue weighted by atomic mass is 32.1. The Hall–Kier alpha value is -3.06. The Bertz CT molecular complexity index is 1020. The molecule has 1 aliphatic rings. The van der Waals surface area contributed by atoms with E-state index in [-0.39, 0.29) is 5.75 Å². The summed E-state index contributed by atoms with van der Waals surface area (Å²) in [4.78, 5) is 14.6. The topological polar surface area (TPSA) is 71.0 Å². The number of methoxy groups -OCH3 is 2. The second-order valence-corrected chi connectivity index (χ2v) is 7.30. The summed E-state index contributed by atoms with van der Waals surface area (Å²) in [6.45, 7) is 5.92. The molecule has 0 spiro atoms. The van der Waals surface area contributed by atoms with Gasteiger partial charge in [-0.3, -0.25) is 4.90 Å². The van der Waals surface area contributed by atoms with Gasteiger partial charge in [-0.05, 0) is 73.9 Å². The zero-order valence-electron chi connectivity index (χ0n) is 17.1. The van der Waals surface area contributed by atoms with Crippen molar-refractivity contribution in [3.8, 4) is 11.5 Å². The summed E-state index contributed by atoms with van der Waals surface area (Å²) in [5, 5.41) is 13.6. The van der Waals surface area contributed by atoms with Crippen LogP contribution >= 0.6 is 12.2 Å². The molecule has 3 rings (SSSR count). The number of hydrogen-bond acceptors (Lipinski definition) is 5. The number of carbonyl (C=O) groups excluding carboxylic acids is 1. The zero-order valence-corrected chi connectivity index (χ0v) is 17.9. The van der Waals surface area contributed by atoms with Gasteiger partial charge in [0, 0.05) is 11.4 Å². The first-order chi connectivity index (χ1) is 13.8. The van der Waals surface area contributed by atoms with E-state index in [2.05, 4.69) is 5.32 Å². The SMILES string of the molecule is COC(=O)C1=C(C)N(c2ccc(C)c(C)c2)C(=S)N[C@H]1c1ccc(O)c(OC)c1. The summed E-state index contributed by atoms with van der Waals surface area (Å²) in [5.41, 5.74) is 5.01. The molecule has 1 heterocycles. The molecule has 0 amide bonds. The van der Waals surface area contributed by atoms with Gasteiger partial charge in [0.15, 0.2) is 16.6 Å². The van der Waals surface area contributed by atoms with Gasteiger partial charge in [0.25, 0.3) is 0 Å². The molecule has 2 N–H and O–H groups in total. The number of thiocarbonyl (C=S) groups is 1. The number of phenols is 1. The fraction of sp³-hybridized carbons (Fsp3) is 0.273. The molecule has 0 aromatic heterocycles. The molecule has 152 valence electrons. The van der Waals surface area contributed by atoms with E-state index in [0.29, 0.717) is 22.1 Å². The van der Waals surface area contributed by atoms with Crippen LogP contribution in [0.4, 0.5) is 5.69 Å². The number of anilines is 1. The lowest BCUT2D eigenvalue weighted by Gasteiger charge is -2.37. The first kappa shape index (κ1) is 20.7. The maximum Gasteiger partial charge on any atom is 0.337 e. The summed E-state index contributed by atoms with van der Waals surface area (Å²) < 4.78 is 10.3. The van der Waals surface area contributed by atoms with E-state index in [1.54, 1.807) is 12.1 Å². The van der Waals surface area contributed by atoms with Crippen LogP contribution in [-0.2, 0) is 9.53 Å². The van der Waals surface area contributed by atoms with E-state index in [9.17, 15) is 9.90 Å². The van der Waals surface area contributed by atoms with E-state index in [1.165, 1.54) is 25.8 Å². The van der Waals surface area contributed by atoms with Crippen LogP contribution in [0, 0.1) is 13.8 Å². The van der Waals surface area contributed by atoms with Crippen LogP contribution in [0.1, 0.15) is 29.7 Å². The first-order valence-corrected chi connectivity index (χ1v) is 9.53. The maximum absolute atomic E-state index is 12.7. The fourth-order valence-corrected chi connectivity index (χ4v) is 3.78. The van der Waals surface area contributed by atoms with Gasteiger partial charge in [0.05, 0.1) is 25.8 Å². The van der Waals surface area contributed by atoms with Crippen molar-refractivity contribution >= 4 is 29.0 Å². The van der Waals surface area contributed by atoms with Gasteiger partial charge in [-0.25, -0.2) is 4.79 Å². The summed E-state index contributed by atoms with van der Waals surface area (Å²) in [7, 11) is 2.83. The number of hydrogen-bond donors (Lipinski definition) is 2. The molecule has 29 heavy (non-hydrogen) atoms. The zero-order chi connectivity index (χ0) is 21.3. The maximum atomic E-state index is 12.7. The van der Waals surface area contributed by atoms with Gasteiger partial charge in [-0.2, -0.15) is 0 Å². The van der Waals surface area contributed by atoms with E-state index >= 15 is 0 Å². The third-order valence-electron chi connectivity index (χ3n) is 5.18. The highest BCUT2D eigenvalue weighted by Gasteiger charge is 2.35. The number of carbonyl (C=O) groups is 1. The lowest BCUT2D eigenvalue weighted by molar-refractivity contribution is -0.136. The van der Waals surface area contributed by atoms with Gasteiger partial charge >= 0.3 is 5.97 Å². The Labute approximate surface area is 175 Å². The van der Waals surface area contributed by atoms with Gasteiger partial charge in [0.2, 0.25) is 0 Å². The molecule has 0 saturated heterocycles. The predicted molar refractivity (Wildman–Crippen MR) is 116 cm³/mol. The normalized spacial score (nSPS) is 16.5. The van der Waals surface area contributed by atoms with Crippen molar-refractivity contribution in [3.05, 3.63) is 64.4 Å². The van der Waals surface area contributed by atoms with Crippen molar-refractivity contribution in [1.29, 1.82) is 0 Å². The molecule has 0 bridgehead atoms. The molecule has 1 atom stereocenters. The van der Waals surface area contributed by atoms with Crippen LogP contribution in [0.15, 0.2) is 47.7 Å². The van der Waals surface area contributed by atoms with Crippen LogP contribution in [0.3, 0.4) is 0 Å². The number of nitrogens with one attached hydrogen (secondary N) is 1. The smallest absolute Gasteiger partial charge is 0.337 e. The van der Waals surface area contributed by atoms with Crippen LogP contribution in [0.5, 0.6) is 11.5 Å². The average Bonchev–Trinajstić information content (AvgIpc) is 2.70. The van der Waals surface area contributed by atoms with Gasteiger partial charge < -0.3 is 19.9 Å². The second-order valence-electron chi connectivity index (χ2n) is 6.91. The summed E-state index contributed by atoms with van der Waals surface area (Å²) in [6, 6.07) is 10.4. The predicted octanol–water partition coefficient (Wildman–Crippen LogP) is 3.90. The van der Waals surface area contributed by atoms with Crippen molar-refractivity contribution in [2.24, 2.45) is 0 Å². The molecular formula is C22H24N2O4S. The standard InChI is InChI=1S/C22H24N2O4S/c1-12-6-8-16(10-13(12)2)24-14(3)19(21(26)28-5)20(23-22(24)29)15-7-9-17(25)18(11-15)27-4/h6-11,20,25H,1-5H3,(H,23,29)/t20-/m0/s1. The van der Waals surface area contributed by atoms with Crippen molar-refractivity contribution in [2.45, 2.75) is 26.8 Å². The Kier molecular flexibility index (Phi) is 5.79. The number of nitrogens with zero attached hydrogens (tertiary/aromatic N) is 1. The van der Waals surface area contributed by atoms with Crippen molar-refractivity contribution < 1.29 is 19.4 Å². The monoisotopic (exact) mass is 412 g/mol. The number of esters is 1. The third-order valence-corrected chi connectivity index (χ3v) is 5.48. The Morgan fingerprint density at radius 1 is 1.10 bits per heavy atom. The van der Waals surface area contributed by atoms with Crippen LogP contribution in [-0.4, -0.2) is 30.4 Å². The Morgan fingerprint density at radius 3 is 2.45 bits per heavy atom. The van der Waals surface area contributed by atoms with Crippen LogP contribution in [0.25, 0.3) is 0 Å². The minimum atomic E-state index is -0.535. The Balaban J connectivity index is 2.15. The third kappa shape index (κ3) is 3.78. The summed E-state index contributed by atoms with van der Waals surface area (Å²) >= 11 is 5.65. The molecule has 2 aromatic rings. The summed E-state index contributed by atoms with van der Waals surface area (Å²) in [6.07, 6.45) is 0. The minimum absolute atomic E-state index is 0.0201. The molecule has 0 unspecified atom stereocenters. The fourth-order valence-electron chi connectivity index (χ4n) is 3.42. The molecule has 6 nitrogen and oxygen atoms in total. The van der Waals surface area contributed by atoms with Crippen LogP contribution in [0.2, 0.25) is 0 Å². The van der Waals surface area contributed by atoms with E-state index in [1.807, 2.05) is 43.9 Å². The van der Waals surface area contributed by atoms with E-state index < -0.39 is 12.0 Å². The summed E-state index contributed by atoms with van der Waals surface area (Å²) in [5.74, 6) is -0.122. The quantitative estimate of drug-likeness (QED) is 0.583. The number of phenolic OH excluding ortho intramolecular Hbond substituents is 1. The first-order valence-electron chi connectivity index (χ1n) is 9.12. The molecule has 0 fully saturated rings. The van der Waals surface area contributed by atoms with Crippen LogP contribution < -0.4 is 15.0 Å². The number of benzene rings is 2. The van der Waals surface area contributed by atoms with Gasteiger partial charge in [-0.15, -0.1) is 0 Å². The molecule has 0 saturated carbocycles. The molecular weight excluding hydrogens is 388 g/mol. The number of ether oxygens (including phenoxy) is 2. The molecule has 1 aliphatic heterocycles. The average molecular weight is 413 g/mol. The largest absolute Gasteiger partial charge is 0.504 e. The number of rotatable bonds is 4. The van der Waals surface area contributed by atoms with Gasteiger partial charge in [-0.1, -0.05) is 12.1 Å². The second kappa shape index (κ2) is 8.13. The van der Waals surface area contributed by atoms with E-state index in [0.717, 1.165) is 16.8 Å². The Morgan fingerprint density at radius 2 is 1.83 bits per heavy atom. The highest BCUT2D eigenvalue weighted by molar-refractivity contribution is 7.80. The number of aryl methyl sites for hydroxylation is 2. The van der Waals surface area contributed by atoms with Crippen molar-refractivity contribution in [2.75, 3.05) is 19.1 Å². The van der Waals surface area contributed by atoms with Gasteiger partial charge in [0.1, 0.15) is 0 Å². The highest BCUT2D eigenvalue weighted by Crippen LogP contribution is 2.37. The molecule has 0 radical (unpaired) electrons. The van der Waals surface area contributed by atoms with Crippen molar-refractivity contribution in [1.82, 2.24) is 5.32 Å². The molecule has 2 aromatic carbocycles. The minimum Gasteiger partial charge on any atom is -0.504 e. The van der Waals surface area contributed by atoms with Crippen molar-refractivity contribution in [3.63, 3.8) is 0 Å². The molecule has 0 aliphatic carbocycles. The lowest BCUT2D eigenvalue weighted by Crippen LogP contribution is -2.48. The number of aromatic hydroxyl groups is 1. The molecule has 7 heteroatoms. The number of allylic oxidation sites excluding steroid dienone is 1.